The summed E-state index contributed by atoms with van der Waals surface area (Å²) in [5.74, 6) is 0.0567. The van der Waals surface area contributed by atoms with Crippen LogP contribution in [0.25, 0.3) is 11.1 Å². The summed E-state index contributed by atoms with van der Waals surface area (Å²) in [5, 5.41) is 7.58. The summed E-state index contributed by atoms with van der Waals surface area (Å²) in [6.07, 6.45) is 4.27. The molecule has 3 aromatic heterocycles. The maximum atomic E-state index is 12.6. The number of fused-ring (bicyclic) bond motifs is 1. The second-order valence-corrected chi connectivity index (χ2v) is 6.06. The maximum Gasteiger partial charge on any atom is 0.259 e. The van der Waals surface area contributed by atoms with Gasteiger partial charge in [0.1, 0.15) is 0 Å². The van der Waals surface area contributed by atoms with Gasteiger partial charge in [0.25, 0.3) is 11.6 Å². The Bertz CT molecular complexity index is 856. The Labute approximate surface area is 140 Å². The molecule has 0 radical (unpaired) electrons. The molecule has 6 heteroatoms. The van der Waals surface area contributed by atoms with Crippen LogP contribution in [0.5, 0.6) is 0 Å². The topological polar surface area (TPSA) is 80.9 Å². The lowest BCUT2D eigenvalue weighted by atomic mass is 10.0. The molecule has 0 atom stereocenters. The van der Waals surface area contributed by atoms with Crippen molar-refractivity contribution < 1.29 is 9.32 Å². The zero-order valence-corrected chi connectivity index (χ0v) is 14.0. The predicted molar refractivity (Wildman–Crippen MR) is 90.9 cm³/mol. The minimum absolute atomic E-state index is 0.139. The van der Waals surface area contributed by atoms with E-state index in [1.54, 1.807) is 12.4 Å². The third-order valence-electron chi connectivity index (χ3n) is 3.90. The molecule has 124 valence electrons. The monoisotopic (exact) mass is 324 g/mol. The Morgan fingerprint density at radius 2 is 2.21 bits per heavy atom. The number of rotatable bonds is 5. The number of hydrogen-bond acceptors (Lipinski definition) is 5. The summed E-state index contributed by atoms with van der Waals surface area (Å²) < 4.78 is 5.25. The molecule has 0 aromatic carbocycles. The van der Waals surface area contributed by atoms with E-state index in [9.17, 15) is 4.79 Å². The summed E-state index contributed by atoms with van der Waals surface area (Å²) in [4.78, 5) is 21.2. The molecule has 0 spiro atoms. The van der Waals surface area contributed by atoms with E-state index in [1.165, 1.54) is 0 Å². The number of aromatic nitrogens is 3. The maximum absolute atomic E-state index is 12.6. The highest BCUT2D eigenvalue weighted by molar-refractivity contribution is 6.06. The van der Waals surface area contributed by atoms with E-state index in [0.717, 1.165) is 17.7 Å². The van der Waals surface area contributed by atoms with E-state index in [4.69, 9.17) is 4.52 Å². The highest BCUT2D eigenvalue weighted by Crippen LogP contribution is 2.24. The van der Waals surface area contributed by atoms with Crippen molar-refractivity contribution in [3.8, 4) is 0 Å². The summed E-state index contributed by atoms with van der Waals surface area (Å²) in [6, 6.07) is 5.71. The van der Waals surface area contributed by atoms with Gasteiger partial charge < -0.3 is 9.84 Å². The number of hydrogen-bond donors (Lipinski definition) is 1. The van der Waals surface area contributed by atoms with Crippen molar-refractivity contribution in [1.82, 2.24) is 20.4 Å². The van der Waals surface area contributed by atoms with E-state index in [2.05, 4.69) is 20.4 Å². The van der Waals surface area contributed by atoms with Gasteiger partial charge in [-0.3, -0.25) is 9.78 Å². The first-order chi connectivity index (χ1) is 11.6. The average Bonchev–Trinajstić information content (AvgIpc) is 2.96. The molecule has 0 saturated carbocycles. The Hall–Kier alpha value is -2.76. The minimum atomic E-state index is -0.139. The number of carbonyl (C=O) groups is 1. The van der Waals surface area contributed by atoms with Crippen molar-refractivity contribution in [2.24, 2.45) is 0 Å². The van der Waals surface area contributed by atoms with Crippen molar-refractivity contribution in [1.29, 1.82) is 0 Å². The molecule has 0 unspecified atom stereocenters. The highest BCUT2D eigenvalue weighted by Gasteiger charge is 2.19. The summed E-state index contributed by atoms with van der Waals surface area (Å²) >= 11 is 0. The number of pyridine rings is 2. The normalized spacial score (nSPS) is 11.2. The second kappa shape index (κ2) is 6.78. The lowest BCUT2D eigenvalue weighted by molar-refractivity contribution is 0.0955. The third-order valence-corrected chi connectivity index (χ3v) is 3.90. The van der Waals surface area contributed by atoms with Crippen LogP contribution in [-0.4, -0.2) is 27.6 Å². The SMILES string of the molecule is Cc1noc2nc(C(C)C)cc(C(=O)NCCc3cccnc3)c12. The fourth-order valence-electron chi connectivity index (χ4n) is 2.55. The van der Waals surface area contributed by atoms with Gasteiger partial charge in [0.15, 0.2) is 0 Å². The van der Waals surface area contributed by atoms with Gasteiger partial charge in [0.2, 0.25) is 0 Å². The van der Waals surface area contributed by atoms with Gasteiger partial charge in [-0.1, -0.05) is 25.1 Å². The zero-order valence-electron chi connectivity index (χ0n) is 14.0. The van der Waals surface area contributed by atoms with Crippen molar-refractivity contribution in [3.05, 3.63) is 53.1 Å². The molecule has 0 aliphatic heterocycles. The van der Waals surface area contributed by atoms with Crippen LogP contribution in [-0.2, 0) is 6.42 Å². The van der Waals surface area contributed by atoms with Crippen molar-refractivity contribution in [2.45, 2.75) is 33.1 Å². The largest absolute Gasteiger partial charge is 0.352 e. The first kappa shape index (κ1) is 16.1. The average molecular weight is 324 g/mol. The molecule has 0 fully saturated rings. The van der Waals surface area contributed by atoms with E-state index in [-0.39, 0.29) is 11.8 Å². The molecule has 24 heavy (non-hydrogen) atoms. The summed E-state index contributed by atoms with van der Waals surface area (Å²) in [6.45, 7) is 6.41. The molecular weight excluding hydrogens is 304 g/mol. The van der Waals surface area contributed by atoms with Crippen molar-refractivity contribution in [2.75, 3.05) is 6.54 Å². The Balaban J connectivity index is 1.82. The van der Waals surface area contributed by atoms with Gasteiger partial charge in [0.05, 0.1) is 16.6 Å². The number of nitrogens with zero attached hydrogens (tertiary/aromatic N) is 3. The Kier molecular flexibility index (Phi) is 4.55. The molecule has 0 aliphatic carbocycles. The molecule has 3 aromatic rings. The first-order valence-electron chi connectivity index (χ1n) is 8.00. The zero-order chi connectivity index (χ0) is 17.1. The van der Waals surface area contributed by atoms with Crippen molar-refractivity contribution in [3.63, 3.8) is 0 Å². The number of amides is 1. The molecule has 0 aliphatic rings. The van der Waals surface area contributed by atoms with Crippen LogP contribution < -0.4 is 5.32 Å². The molecular formula is C18H20N4O2. The molecule has 0 saturated heterocycles. The van der Waals surface area contributed by atoms with Gasteiger partial charge in [-0.05, 0) is 37.0 Å². The van der Waals surface area contributed by atoms with Crippen LogP contribution in [0, 0.1) is 6.92 Å². The van der Waals surface area contributed by atoms with Crippen LogP contribution in [0.4, 0.5) is 0 Å². The van der Waals surface area contributed by atoms with Gasteiger partial charge in [-0.15, -0.1) is 0 Å². The summed E-state index contributed by atoms with van der Waals surface area (Å²) in [5.41, 5.74) is 3.55. The van der Waals surface area contributed by atoms with Crippen molar-refractivity contribution >= 4 is 17.0 Å². The smallest absolute Gasteiger partial charge is 0.259 e. The Morgan fingerprint density at radius 3 is 2.92 bits per heavy atom. The quantitative estimate of drug-likeness (QED) is 0.780. The standard InChI is InChI=1S/C18H20N4O2/c1-11(2)15-9-14(16-12(3)22-24-18(16)21-15)17(23)20-8-6-13-5-4-7-19-10-13/h4-5,7,9-11H,6,8H2,1-3H3,(H,20,23). The number of carbonyl (C=O) groups excluding carboxylic acids is 1. The van der Waals surface area contributed by atoms with Crippen LogP contribution in [0.1, 0.15) is 47.1 Å². The van der Waals surface area contributed by atoms with Crippen LogP contribution in [0.3, 0.4) is 0 Å². The lowest BCUT2D eigenvalue weighted by Gasteiger charge is -2.09. The van der Waals surface area contributed by atoms with Gasteiger partial charge in [-0.25, -0.2) is 4.98 Å². The number of aryl methyl sites for hydroxylation is 1. The second-order valence-electron chi connectivity index (χ2n) is 6.06. The van der Waals surface area contributed by atoms with E-state index in [1.807, 2.05) is 39.0 Å². The highest BCUT2D eigenvalue weighted by atomic mass is 16.5. The predicted octanol–water partition coefficient (Wildman–Crippen LogP) is 3.02. The van der Waals surface area contributed by atoms with Crippen LogP contribution in [0.15, 0.2) is 35.1 Å². The van der Waals surface area contributed by atoms with E-state index in [0.29, 0.717) is 28.9 Å². The lowest BCUT2D eigenvalue weighted by Crippen LogP contribution is -2.26. The fourth-order valence-corrected chi connectivity index (χ4v) is 2.55. The molecule has 6 nitrogen and oxygen atoms in total. The van der Waals surface area contributed by atoms with Gasteiger partial charge in [-0.2, -0.15) is 0 Å². The first-order valence-corrected chi connectivity index (χ1v) is 8.00. The molecule has 0 bridgehead atoms. The van der Waals surface area contributed by atoms with E-state index < -0.39 is 0 Å². The van der Waals surface area contributed by atoms with Crippen LogP contribution >= 0.6 is 0 Å². The molecule has 1 N–H and O–H groups in total. The minimum Gasteiger partial charge on any atom is -0.352 e. The van der Waals surface area contributed by atoms with E-state index >= 15 is 0 Å². The third kappa shape index (κ3) is 3.27. The molecule has 3 heterocycles. The van der Waals surface area contributed by atoms with Gasteiger partial charge in [0, 0.05) is 24.6 Å². The fraction of sp³-hybridized carbons (Fsp3) is 0.333. The Morgan fingerprint density at radius 1 is 1.38 bits per heavy atom. The molecule has 3 rings (SSSR count). The molecule has 1 amide bonds. The van der Waals surface area contributed by atoms with Gasteiger partial charge >= 0.3 is 0 Å². The number of nitrogens with one attached hydrogen (secondary N) is 1. The van der Waals surface area contributed by atoms with Crippen LogP contribution in [0.2, 0.25) is 0 Å². The summed E-state index contributed by atoms with van der Waals surface area (Å²) in [7, 11) is 0.